The number of nitrogens with one attached hydrogen (secondary N) is 1. The van der Waals surface area contributed by atoms with Gasteiger partial charge in [-0.05, 0) is 18.1 Å². The van der Waals surface area contributed by atoms with Crippen molar-refractivity contribution < 1.29 is 14.7 Å². The number of urea groups is 1. The van der Waals surface area contributed by atoms with Gasteiger partial charge in [-0.1, -0.05) is 18.2 Å². The molecule has 1 aromatic rings. The summed E-state index contributed by atoms with van der Waals surface area (Å²) in [4.78, 5) is 23.8. The molecule has 2 amide bonds. The maximum absolute atomic E-state index is 11.8. The van der Waals surface area contributed by atoms with Crippen molar-refractivity contribution in [2.75, 3.05) is 18.0 Å². The lowest BCUT2D eigenvalue weighted by atomic mass is 10.2. The van der Waals surface area contributed by atoms with Crippen LogP contribution in [0.3, 0.4) is 0 Å². The summed E-state index contributed by atoms with van der Waals surface area (Å²) in [6, 6.07) is 7.52. The molecule has 0 atom stereocenters. The minimum atomic E-state index is -0.910. The van der Waals surface area contributed by atoms with E-state index in [4.69, 9.17) is 5.11 Å². The first-order valence-electron chi connectivity index (χ1n) is 5.53. The molecule has 1 heterocycles. The predicted octanol–water partition coefficient (Wildman–Crippen LogP) is 1.23. The zero-order valence-corrected chi connectivity index (χ0v) is 9.35. The van der Waals surface area contributed by atoms with Gasteiger partial charge in [-0.25, -0.2) is 4.79 Å². The Morgan fingerprint density at radius 2 is 2.12 bits per heavy atom. The number of rotatable bonds is 3. The second-order valence-corrected chi connectivity index (χ2v) is 3.91. The highest BCUT2D eigenvalue weighted by Gasteiger charge is 2.23. The quantitative estimate of drug-likeness (QED) is 0.826. The van der Waals surface area contributed by atoms with Crippen molar-refractivity contribution in [2.24, 2.45) is 0 Å². The predicted molar refractivity (Wildman–Crippen MR) is 63.1 cm³/mol. The van der Waals surface area contributed by atoms with Crippen LogP contribution in [0.1, 0.15) is 12.0 Å². The summed E-state index contributed by atoms with van der Waals surface area (Å²) in [5.41, 5.74) is 2.07. The molecule has 0 bridgehead atoms. The Labute approximate surface area is 99.0 Å². The highest BCUT2D eigenvalue weighted by molar-refractivity contribution is 5.94. The SMILES string of the molecule is O=C(O)CCNC(=O)N1CCc2ccccc21. The number of hydrogen-bond donors (Lipinski definition) is 2. The van der Waals surface area contributed by atoms with Crippen LogP contribution in [0.5, 0.6) is 0 Å². The van der Waals surface area contributed by atoms with E-state index in [0.29, 0.717) is 6.54 Å². The first kappa shape index (κ1) is 11.4. The number of carbonyl (C=O) groups is 2. The van der Waals surface area contributed by atoms with Gasteiger partial charge in [-0.3, -0.25) is 9.69 Å². The molecular formula is C12H14N2O3. The van der Waals surface area contributed by atoms with Gasteiger partial charge in [0.15, 0.2) is 0 Å². The Bertz CT molecular complexity index is 445. The molecule has 0 aliphatic carbocycles. The van der Waals surface area contributed by atoms with Crippen molar-refractivity contribution >= 4 is 17.7 Å². The number of carboxylic acid groups (broad SMARTS) is 1. The molecule has 0 unspecified atom stereocenters. The lowest BCUT2D eigenvalue weighted by Crippen LogP contribution is -2.39. The van der Waals surface area contributed by atoms with E-state index in [1.54, 1.807) is 4.90 Å². The number of nitrogens with zero attached hydrogens (tertiary/aromatic N) is 1. The third-order valence-electron chi connectivity index (χ3n) is 2.75. The first-order valence-corrected chi connectivity index (χ1v) is 5.53. The fourth-order valence-corrected chi connectivity index (χ4v) is 1.92. The Kier molecular flexibility index (Phi) is 3.27. The number of hydrogen-bond acceptors (Lipinski definition) is 2. The van der Waals surface area contributed by atoms with Crippen LogP contribution in [0.25, 0.3) is 0 Å². The highest BCUT2D eigenvalue weighted by Crippen LogP contribution is 2.27. The standard InChI is InChI=1S/C12H14N2O3/c15-11(16)5-7-13-12(17)14-8-6-9-3-1-2-4-10(9)14/h1-4H,5-8H2,(H,13,17)(H,15,16). The monoisotopic (exact) mass is 234 g/mol. The molecule has 17 heavy (non-hydrogen) atoms. The van der Waals surface area contributed by atoms with Crippen LogP contribution in [0, 0.1) is 0 Å². The molecule has 2 rings (SSSR count). The molecular weight excluding hydrogens is 220 g/mol. The van der Waals surface area contributed by atoms with Crippen LogP contribution >= 0.6 is 0 Å². The molecule has 0 radical (unpaired) electrons. The van der Waals surface area contributed by atoms with Crippen LogP contribution < -0.4 is 10.2 Å². The Morgan fingerprint density at radius 3 is 2.88 bits per heavy atom. The van der Waals surface area contributed by atoms with Gasteiger partial charge in [-0.2, -0.15) is 0 Å². The van der Waals surface area contributed by atoms with Gasteiger partial charge in [0.1, 0.15) is 0 Å². The molecule has 1 aliphatic heterocycles. The van der Waals surface area contributed by atoms with Gasteiger partial charge in [0.25, 0.3) is 0 Å². The van der Waals surface area contributed by atoms with E-state index in [9.17, 15) is 9.59 Å². The largest absolute Gasteiger partial charge is 0.481 e. The Morgan fingerprint density at radius 1 is 1.35 bits per heavy atom. The van der Waals surface area contributed by atoms with Crippen LogP contribution in [0.4, 0.5) is 10.5 Å². The zero-order chi connectivity index (χ0) is 12.3. The number of amides is 2. The molecule has 0 aromatic heterocycles. The summed E-state index contributed by atoms with van der Waals surface area (Å²) < 4.78 is 0. The first-order chi connectivity index (χ1) is 8.18. The fraction of sp³-hybridized carbons (Fsp3) is 0.333. The molecule has 5 heteroatoms. The van der Waals surface area contributed by atoms with E-state index in [2.05, 4.69) is 5.32 Å². The van der Waals surface area contributed by atoms with Gasteiger partial charge in [0.2, 0.25) is 0 Å². The van der Waals surface area contributed by atoms with E-state index in [-0.39, 0.29) is 19.0 Å². The summed E-state index contributed by atoms with van der Waals surface area (Å²) >= 11 is 0. The second-order valence-electron chi connectivity index (χ2n) is 3.91. The zero-order valence-electron chi connectivity index (χ0n) is 9.35. The maximum atomic E-state index is 11.8. The van der Waals surface area contributed by atoms with Crippen molar-refractivity contribution in [2.45, 2.75) is 12.8 Å². The van der Waals surface area contributed by atoms with Crippen LogP contribution in [-0.2, 0) is 11.2 Å². The van der Waals surface area contributed by atoms with E-state index in [0.717, 1.165) is 17.7 Å². The lowest BCUT2D eigenvalue weighted by Gasteiger charge is -2.17. The highest BCUT2D eigenvalue weighted by atomic mass is 16.4. The van der Waals surface area contributed by atoms with Crippen molar-refractivity contribution in [3.8, 4) is 0 Å². The van der Waals surface area contributed by atoms with Gasteiger partial charge < -0.3 is 10.4 Å². The lowest BCUT2D eigenvalue weighted by molar-refractivity contribution is -0.136. The van der Waals surface area contributed by atoms with Crippen molar-refractivity contribution in [1.29, 1.82) is 0 Å². The number of carboxylic acids is 1. The van der Waals surface area contributed by atoms with Crippen LogP contribution in [-0.4, -0.2) is 30.2 Å². The molecule has 1 aromatic carbocycles. The fourth-order valence-electron chi connectivity index (χ4n) is 1.92. The summed E-state index contributed by atoms with van der Waals surface area (Å²) in [5.74, 6) is -0.910. The molecule has 90 valence electrons. The number of anilines is 1. The van der Waals surface area contributed by atoms with Crippen molar-refractivity contribution in [3.63, 3.8) is 0 Å². The smallest absolute Gasteiger partial charge is 0.321 e. The number of carbonyl (C=O) groups excluding carboxylic acids is 1. The summed E-state index contributed by atoms with van der Waals surface area (Å²) in [7, 11) is 0. The van der Waals surface area contributed by atoms with E-state index >= 15 is 0 Å². The Hall–Kier alpha value is -2.04. The van der Waals surface area contributed by atoms with Crippen molar-refractivity contribution in [1.82, 2.24) is 5.32 Å². The van der Waals surface area contributed by atoms with Gasteiger partial charge in [0.05, 0.1) is 6.42 Å². The average molecular weight is 234 g/mol. The van der Waals surface area contributed by atoms with Crippen molar-refractivity contribution in [3.05, 3.63) is 29.8 Å². The minimum Gasteiger partial charge on any atom is -0.481 e. The van der Waals surface area contributed by atoms with Crippen LogP contribution in [0.2, 0.25) is 0 Å². The van der Waals surface area contributed by atoms with Crippen LogP contribution in [0.15, 0.2) is 24.3 Å². The molecule has 0 fully saturated rings. The molecule has 0 saturated carbocycles. The van der Waals surface area contributed by atoms with E-state index < -0.39 is 5.97 Å². The third kappa shape index (κ3) is 2.55. The topological polar surface area (TPSA) is 69.6 Å². The number of aliphatic carboxylic acids is 1. The van der Waals surface area contributed by atoms with E-state index in [1.165, 1.54) is 0 Å². The molecule has 5 nitrogen and oxygen atoms in total. The number of para-hydroxylation sites is 1. The summed E-state index contributed by atoms with van der Waals surface area (Å²) in [6.07, 6.45) is 0.795. The number of benzene rings is 1. The average Bonchev–Trinajstić information content (AvgIpc) is 2.72. The normalized spacial score (nSPS) is 13.3. The third-order valence-corrected chi connectivity index (χ3v) is 2.75. The van der Waals surface area contributed by atoms with Gasteiger partial charge >= 0.3 is 12.0 Å². The van der Waals surface area contributed by atoms with E-state index in [1.807, 2.05) is 24.3 Å². The summed E-state index contributed by atoms with van der Waals surface area (Å²) in [5, 5.41) is 11.1. The Balaban J connectivity index is 1.96. The molecule has 0 saturated heterocycles. The van der Waals surface area contributed by atoms with Gasteiger partial charge in [-0.15, -0.1) is 0 Å². The number of fused-ring (bicyclic) bond motifs is 1. The maximum Gasteiger partial charge on any atom is 0.321 e. The molecule has 2 N–H and O–H groups in total. The van der Waals surface area contributed by atoms with Gasteiger partial charge in [0, 0.05) is 18.8 Å². The minimum absolute atomic E-state index is 0.0543. The second kappa shape index (κ2) is 4.86. The summed E-state index contributed by atoms with van der Waals surface area (Å²) in [6.45, 7) is 0.811. The molecule has 0 spiro atoms. The molecule has 1 aliphatic rings.